The van der Waals surface area contributed by atoms with Crippen molar-refractivity contribution in [1.29, 1.82) is 0 Å². The Morgan fingerprint density at radius 2 is 2.50 bits per heavy atom. The number of hydrogen-bond acceptors (Lipinski definition) is 3. The molecule has 0 aromatic rings. The SMILES string of the molecule is CC(O)CCCNC1CCNC1. The molecule has 0 spiro atoms. The fourth-order valence-electron chi connectivity index (χ4n) is 1.53. The van der Waals surface area contributed by atoms with Gasteiger partial charge in [0.2, 0.25) is 0 Å². The Bertz CT molecular complexity index is 111. The Kier molecular flexibility index (Phi) is 4.58. The average Bonchev–Trinajstić information content (AvgIpc) is 2.49. The summed E-state index contributed by atoms with van der Waals surface area (Å²) in [5, 5.41) is 15.8. The summed E-state index contributed by atoms with van der Waals surface area (Å²) in [4.78, 5) is 0. The van der Waals surface area contributed by atoms with Gasteiger partial charge in [-0.15, -0.1) is 0 Å². The van der Waals surface area contributed by atoms with Gasteiger partial charge in [0.25, 0.3) is 0 Å². The van der Waals surface area contributed by atoms with E-state index in [0.717, 1.165) is 32.5 Å². The third kappa shape index (κ3) is 4.04. The van der Waals surface area contributed by atoms with Gasteiger partial charge in [-0.2, -0.15) is 0 Å². The summed E-state index contributed by atoms with van der Waals surface area (Å²) in [6, 6.07) is 0.666. The van der Waals surface area contributed by atoms with Crippen molar-refractivity contribution in [2.45, 2.75) is 38.3 Å². The van der Waals surface area contributed by atoms with Gasteiger partial charge in [0, 0.05) is 12.6 Å². The van der Waals surface area contributed by atoms with Crippen LogP contribution in [0.2, 0.25) is 0 Å². The van der Waals surface area contributed by atoms with Gasteiger partial charge in [-0.3, -0.25) is 0 Å². The molecule has 0 aromatic carbocycles. The van der Waals surface area contributed by atoms with Crippen LogP contribution < -0.4 is 10.6 Å². The highest BCUT2D eigenvalue weighted by molar-refractivity contribution is 4.76. The molecule has 0 aromatic heterocycles. The predicted octanol–water partition coefficient (Wildman–Crippen LogP) is 0.0989. The van der Waals surface area contributed by atoms with Gasteiger partial charge < -0.3 is 15.7 Å². The van der Waals surface area contributed by atoms with Gasteiger partial charge in [-0.25, -0.2) is 0 Å². The van der Waals surface area contributed by atoms with Gasteiger partial charge in [-0.1, -0.05) is 0 Å². The molecule has 1 aliphatic heterocycles. The Hall–Kier alpha value is -0.120. The van der Waals surface area contributed by atoms with Crippen molar-refractivity contribution in [3.63, 3.8) is 0 Å². The quantitative estimate of drug-likeness (QED) is 0.515. The lowest BCUT2D eigenvalue weighted by atomic mass is 10.2. The van der Waals surface area contributed by atoms with E-state index in [0.29, 0.717) is 6.04 Å². The van der Waals surface area contributed by atoms with Crippen molar-refractivity contribution in [3.8, 4) is 0 Å². The summed E-state index contributed by atoms with van der Waals surface area (Å²) in [5.41, 5.74) is 0. The molecule has 0 aliphatic carbocycles. The molecule has 12 heavy (non-hydrogen) atoms. The van der Waals surface area contributed by atoms with Crippen LogP contribution in [0.3, 0.4) is 0 Å². The van der Waals surface area contributed by atoms with Crippen LogP contribution in [-0.4, -0.2) is 36.9 Å². The zero-order chi connectivity index (χ0) is 8.81. The van der Waals surface area contributed by atoms with Crippen molar-refractivity contribution in [3.05, 3.63) is 0 Å². The second-order valence-corrected chi connectivity index (χ2v) is 3.64. The second-order valence-electron chi connectivity index (χ2n) is 3.64. The molecule has 72 valence electrons. The molecule has 1 rings (SSSR count). The number of nitrogens with one attached hydrogen (secondary N) is 2. The van der Waals surface area contributed by atoms with Crippen LogP contribution in [0.1, 0.15) is 26.2 Å². The molecule has 1 saturated heterocycles. The lowest BCUT2D eigenvalue weighted by molar-refractivity contribution is 0.181. The molecule has 0 amide bonds. The van der Waals surface area contributed by atoms with Gasteiger partial charge in [0.05, 0.1) is 6.10 Å². The van der Waals surface area contributed by atoms with Crippen molar-refractivity contribution in [2.24, 2.45) is 0 Å². The third-order valence-corrected chi connectivity index (χ3v) is 2.29. The number of aliphatic hydroxyl groups excluding tert-OH is 1. The largest absolute Gasteiger partial charge is 0.393 e. The van der Waals surface area contributed by atoms with E-state index >= 15 is 0 Å². The summed E-state index contributed by atoms with van der Waals surface area (Å²) in [5.74, 6) is 0. The summed E-state index contributed by atoms with van der Waals surface area (Å²) in [6.07, 6.45) is 3.09. The first kappa shape index (κ1) is 9.96. The smallest absolute Gasteiger partial charge is 0.0512 e. The highest BCUT2D eigenvalue weighted by Crippen LogP contribution is 1.98. The Labute approximate surface area is 74.5 Å². The van der Waals surface area contributed by atoms with Gasteiger partial charge in [-0.05, 0) is 39.3 Å². The molecule has 0 bridgehead atoms. The Balaban J connectivity index is 1.88. The Morgan fingerprint density at radius 3 is 3.08 bits per heavy atom. The molecule has 0 radical (unpaired) electrons. The molecule has 3 heteroatoms. The maximum Gasteiger partial charge on any atom is 0.0512 e. The number of rotatable bonds is 5. The van der Waals surface area contributed by atoms with Crippen LogP contribution in [-0.2, 0) is 0 Å². The molecular formula is C9H20N2O. The molecule has 1 fully saturated rings. The van der Waals surface area contributed by atoms with Gasteiger partial charge >= 0.3 is 0 Å². The molecule has 3 nitrogen and oxygen atoms in total. The van der Waals surface area contributed by atoms with Crippen molar-refractivity contribution < 1.29 is 5.11 Å². The highest BCUT2D eigenvalue weighted by atomic mass is 16.3. The molecule has 1 aliphatic rings. The summed E-state index contributed by atoms with van der Waals surface area (Å²) in [7, 11) is 0. The molecule has 2 unspecified atom stereocenters. The van der Waals surface area contributed by atoms with Crippen molar-refractivity contribution in [2.75, 3.05) is 19.6 Å². The van der Waals surface area contributed by atoms with Gasteiger partial charge in [0.1, 0.15) is 0 Å². The van der Waals surface area contributed by atoms with E-state index in [9.17, 15) is 0 Å². The first-order valence-electron chi connectivity index (χ1n) is 4.91. The molecule has 1 heterocycles. The summed E-state index contributed by atoms with van der Waals surface area (Å²) < 4.78 is 0. The maximum atomic E-state index is 9.00. The highest BCUT2D eigenvalue weighted by Gasteiger charge is 2.12. The van der Waals surface area contributed by atoms with Crippen LogP contribution in [0, 0.1) is 0 Å². The monoisotopic (exact) mass is 172 g/mol. The van der Waals surface area contributed by atoms with E-state index < -0.39 is 0 Å². The van der Waals surface area contributed by atoms with Gasteiger partial charge in [0.15, 0.2) is 0 Å². The number of hydrogen-bond donors (Lipinski definition) is 3. The summed E-state index contributed by atoms with van der Waals surface area (Å²) in [6.45, 7) is 5.14. The van der Waals surface area contributed by atoms with E-state index in [4.69, 9.17) is 5.11 Å². The van der Waals surface area contributed by atoms with E-state index in [2.05, 4.69) is 10.6 Å². The van der Waals surface area contributed by atoms with Crippen LogP contribution in [0.15, 0.2) is 0 Å². The normalized spacial score (nSPS) is 26.0. The van der Waals surface area contributed by atoms with Crippen molar-refractivity contribution in [1.82, 2.24) is 10.6 Å². The number of aliphatic hydroxyl groups is 1. The molecular weight excluding hydrogens is 152 g/mol. The molecule has 2 atom stereocenters. The Morgan fingerprint density at radius 1 is 1.67 bits per heavy atom. The minimum atomic E-state index is -0.145. The molecule has 0 saturated carbocycles. The maximum absolute atomic E-state index is 9.00. The topological polar surface area (TPSA) is 44.3 Å². The lowest BCUT2D eigenvalue weighted by Crippen LogP contribution is -2.31. The zero-order valence-electron chi connectivity index (χ0n) is 7.84. The first-order valence-corrected chi connectivity index (χ1v) is 4.91. The first-order chi connectivity index (χ1) is 5.79. The van der Waals surface area contributed by atoms with Crippen LogP contribution in [0.5, 0.6) is 0 Å². The fourth-order valence-corrected chi connectivity index (χ4v) is 1.53. The predicted molar refractivity (Wildman–Crippen MR) is 50.2 cm³/mol. The van der Waals surface area contributed by atoms with E-state index in [1.165, 1.54) is 6.42 Å². The third-order valence-electron chi connectivity index (χ3n) is 2.29. The second kappa shape index (κ2) is 5.51. The van der Waals surface area contributed by atoms with E-state index in [1.54, 1.807) is 0 Å². The van der Waals surface area contributed by atoms with E-state index in [-0.39, 0.29) is 6.10 Å². The van der Waals surface area contributed by atoms with Crippen molar-refractivity contribution >= 4 is 0 Å². The minimum Gasteiger partial charge on any atom is -0.393 e. The molecule has 3 N–H and O–H groups in total. The van der Waals surface area contributed by atoms with Crippen LogP contribution in [0.4, 0.5) is 0 Å². The summed E-state index contributed by atoms with van der Waals surface area (Å²) >= 11 is 0. The average molecular weight is 172 g/mol. The lowest BCUT2D eigenvalue weighted by Gasteiger charge is -2.11. The minimum absolute atomic E-state index is 0.145. The van der Waals surface area contributed by atoms with E-state index in [1.807, 2.05) is 6.92 Å². The fraction of sp³-hybridized carbons (Fsp3) is 1.00. The zero-order valence-corrected chi connectivity index (χ0v) is 7.84. The van der Waals surface area contributed by atoms with Crippen LogP contribution in [0.25, 0.3) is 0 Å². The van der Waals surface area contributed by atoms with Crippen LogP contribution >= 0.6 is 0 Å². The standard InChI is InChI=1S/C9H20N2O/c1-8(12)3-2-5-11-9-4-6-10-7-9/h8-12H,2-7H2,1H3.